The van der Waals surface area contributed by atoms with Crippen molar-refractivity contribution in [2.75, 3.05) is 19.1 Å². The predicted octanol–water partition coefficient (Wildman–Crippen LogP) is 2.51. The van der Waals surface area contributed by atoms with E-state index in [1.807, 2.05) is 6.08 Å². The summed E-state index contributed by atoms with van der Waals surface area (Å²) in [4.78, 5) is 36.6. The summed E-state index contributed by atoms with van der Waals surface area (Å²) in [6, 6.07) is -0.402. The third-order valence-electron chi connectivity index (χ3n) is 3.89. The van der Waals surface area contributed by atoms with Crippen LogP contribution in [0.3, 0.4) is 0 Å². The van der Waals surface area contributed by atoms with Gasteiger partial charge in [0.05, 0.1) is 30.4 Å². The Morgan fingerprint density at radius 3 is 2.28 bits per heavy atom. The van der Waals surface area contributed by atoms with Gasteiger partial charge < -0.3 is 14.8 Å². The highest BCUT2D eigenvalue weighted by atomic mass is 35.5. The van der Waals surface area contributed by atoms with Crippen molar-refractivity contribution < 1.29 is 23.9 Å². The molecule has 7 heteroatoms. The van der Waals surface area contributed by atoms with E-state index in [2.05, 4.69) is 5.32 Å². The molecule has 1 N–H and O–H groups in total. The number of hydrogen-bond donors (Lipinski definition) is 1. The third kappa shape index (κ3) is 5.59. The van der Waals surface area contributed by atoms with Crippen molar-refractivity contribution >= 4 is 29.4 Å². The number of carbonyl (C=O) groups excluding carboxylic acids is 3. The van der Waals surface area contributed by atoms with E-state index in [-0.39, 0.29) is 30.3 Å². The number of nitrogens with one attached hydrogen (secondary N) is 1. The minimum Gasteiger partial charge on any atom is -0.463 e. The van der Waals surface area contributed by atoms with Gasteiger partial charge in [0.1, 0.15) is 0 Å². The average Bonchev–Trinajstić information content (AvgIpc) is 2.54. The van der Waals surface area contributed by atoms with Crippen LogP contribution in [0.5, 0.6) is 0 Å². The molecule has 0 aromatic rings. The van der Waals surface area contributed by atoms with Gasteiger partial charge in [-0.2, -0.15) is 0 Å². The molecule has 0 saturated heterocycles. The van der Waals surface area contributed by atoms with Crippen molar-refractivity contribution in [3.63, 3.8) is 0 Å². The van der Waals surface area contributed by atoms with E-state index >= 15 is 0 Å². The first-order chi connectivity index (χ1) is 11.9. The molecule has 0 aromatic heterocycles. The van der Waals surface area contributed by atoms with Crippen LogP contribution in [0.1, 0.15) is 40.5 Å². The van der Waals surface area contributed by atoms with Gasteiger partial charge in [-0.15, -0.1) is 11.6 Å². The first-order valence-corrected chi connectivity index (χ1v) is 9.03. The van der Waals surface area contributed by atoms with Crippen molar-refractivity contribution in [3.8, 4) is 0 Å². The fourth-order valence-electron chi connectivity index (χ4n) is 2.83. The lowest BCUT2D eigenvalue weighted by Gasteiger charge is -2.31. The molecule has 1 rings (SSSR count). The lowest BCUT2D eigenvalue weighted by Crippen LogP contribution is -2.42. The predicted molar refractivity (Wildman–Crippen MR) is 95.1 cm³/mol. The molecule has 0 heterocycles. The molecule has 0 aromatic carbocycles. The molecule has 1 amide bonds. The maximum atomic E-state index is 12.5. The zero-order valence-electron chi connectivity index (χ0n) is 15.2. The van der Waals surface area contributed by atoms with Gasteiger partial charge in [-0.25, -0.2) is 9.59 Å². The molecule has 0 fully saturated rings. The number of halogens is 1. The molecule has 0 aliphatic heterocycles. The van der Waals surface area contributed by atoms with E-state index in [1.54, 1.807) is 20.8 Å². The van der Waals surface area contributed by atoms with Gasteiger partial charge in [0, 0.05) is 18.7 Å². The lowest BCUT2D eigenvalue weighted by atomic mass is 9.79. The average molecular weight is 372 g/mol. The molecule has 1 aliphatic carbocycles. The maximum Gasteiger partial charge on any atom is 0.338 e. The van der Waals surface area contributed by atoms with Crippen molar-refractivity contribution in [2.45, 2.75) is 46.6 Å². The summed E-state index contributed by atoms with van der Waals surface area (Å²) >= 11 is 5.79. The molecule has 140 valence electrons. The van der Waals surface area contributed by atoms with Crippen LogP contribution in [-0.2, 0) is 23.9 Å². The van der Waals surface area contributed by atoms with Crippen molar-refractivity contribution in [1.82, 2.24) is 5.32 Å². The summed E-state index contributed by atoms with van der Waals surface area (Å²) in [6.07, 6.45) is 2.95. The Bertz CT molecular complexity index is 582. The lowest BCUT2D eigenvalue weighted by molar-refractivity contribution is -0.142. The Kier molecular flexibility index (Phi) is 8.69. The van der Waals surface area contributed by atoms with Gasteiger partial charge >= 0.3 is 11.9 Å². The van der Waals surface area contributed by atoms with Crippen LogP contribution in [0.15, 0.2) is 22.8 Å². The van der Waals surface area contributed by atoms with E-state index in [9.17, 15) is 14.4 Å². The molecule has 0 saturated carbocycles. The van der Waals surface area contributed by atoms with Crippen LogP contribution in [0.2, 0.25) is 0 Å². The van der Waals surface area contributed by atoms with Crippen molar-refractivity contribution in [3.05, 3.63) is 22.8 Å². The Balaban J connectivity index is 3.43. The third-order valence-corrected chi connectivity index (χ3v) is 4.16. The molecule has 0 radical (unpaired) electrons. The SMILES string of the molecule is CCOC(=O)C1=C(C(=O)OCC)[C@@H](C)[C@@H](NC(C)=O)C=C1CCCCl. The Hall–Kier alpha value is -1.82. The Morgan fingerprint density at radius 2 is 1.76 bits per heavy atom. The standard InChI is InChI=1S/C18H26ClNO5/c1-5-24-17(22)15-11(3)14(20-12(4)21)10-13(8-7-9-19)16(15)18(23)25-6-2/h10-11,14H,5-9H2,1-4H3,(H,20,21)/t11-,14-/m0/s1. The van der Waals surface area contributed by atoms with E-state index in [0.29, 0.717) is 24.3 Å². The normalized spacial score (nSPS) is 20.0. The number of hydrogen-bond acceptors (Lipinski definition) is 5. The maximum absolute atomic E-state index is 12.5. The number of rotatable bonds is 8. The smallest absolute Gasteiger partial charge is 0.338 e. The zero-order valence-corrected chi connectivity index (χ0v) is 15.9. The molecular formula is C18H26ClNO5. The number of carbonyl (C=O) groups is 3. The van der Waals surface area contributed by atoms with Crippen molar-refractivity contribution in [1.29, 1.82) is 0 Å². The first-order valence-electron chi connectivity index (χ1n) is 8.49. The van der Waals surface area contributed by atoms with E-state index in [4.69, 9.17) is 21.1 Å². The molecule has 6 nitrogen and oxygen atoms in total. The van der Waals surface area contributed by atoms with Crippen LogP contribution in [0.25, 0.3) is 0 Å². The largest absolute Gasteiger partial charge is 0.463 e. The number of amides is 1. The second-order valence-electron chi connectivity index (χ2n) is 5.73. The van der Waals surface area contributed by atoms with Crippen LogP contribution in [0.4, 0.5) is 0 Å². The highest BCUT2D eigenvalue weighted by molar-refractivity contribution is 6.17. The topological polar surface area (TPSA) is 81.7 Å². The second-order valence-corrected chi connectivity index (χ2v) is 6.11. The van der Waals surface area contributed by atoms with Gasteiger partial charge in [0.2, 0.25) is 5.91 Å². The number of esters is 2. The van der Waals surface area contributed by atoms with Crippen LogP contribution in [-0.4, -0.2) is 43.0 Å². The number of alkyl halides is 1. The fourth-order valence-corrected chi connectivity index (χ4v) is 2.97. The minimum absolute atomic E-state index is 0.191. The highest BCUT2D eigenvalue weighted by Crippen LogP contribution is 2.34. The molecular weight excluding hydrogens is 346 g/mol. The summed E-state index contributed by atoms with van der Waals surface area (Å²) in [5, 5.41) is 2.81. The van der Waals surface area contributed by atoms with Crippen LogP contribution in [0, 0.1) is 5.92 Å². The minimum atomic E-state index is -0.565. The quantitative estimate of drug-likeness (QED) is 0.523. The van der Waals surface area contributed by atoms with Crippen molar-refractivity contribution in [2.24, 2.45) is 5.92 Å². The Labute approximate surface area is 153 Å². The van der Waals surface area contributed by atoms with Gasteiger partial charge in [-0.05, 0) is 32.3 Å². The summed E-state index contributed by atoms with van der Waals surface area (Å²) < 4.78 is 10.3. The van der Waals surface area contributed by atoms with Crippen LogP contribution >= 0.6 is 11.6 Å². The molecule has 25 heavy (non-hydrogen) atoms. The van der Waals surface area contributed by atoms with E-state index in [1.165, 1.54) is 6.92 Å². The van der Waals surface area contributed by atoms with E-state index < -0.39 is 23.9 Å². The molecule has 0 unspecified atom stereocenters. The Morgan fingerprint density at radius 1 is 1.16 bits per heavy atom. The van der Waals surface area contributed by atoms with Gasteiger partial charge in [-0.1, -0.05) is 13.0 Å². The van der Waals surface area contributed by atoms with Gasteiger partial charge in [-0.3, -0.25) is 4.79 Å². The molecule has 2 atom stereocenters. The molecule has 1 aliphatic rings. The molecule has 0 bridgehead atoms. The number of ether oxygens (including phenoxy) is 2. The van der Waals surface area contributed by atoms with Crippen LogP contribution < -0.4 is 5.32 Å². The summed E-state index contributed by atoms with van der Waals surface area (Å²) in [5.74, 6) is -1.33. The van der Waals surface area contributed by atoms with Gasteiger partial charge in [0.25, 0.3) is 0 Å². The zero-order chi connectivity index (χ0) is 19.0. The van der Waals surface area contributed by atoms with E-state index in [0.717, 1.165) is 0 Å². The highest BCUT2D eigenvalue weighted by Gasteiger charge is 2.37. The van der Waals surface area contributed by atoms with Gasteiger partial charge in [0.15, 0.2) is 0 Å². The first kappa shape index (κ1) is 21.2. The monoisotopic (exact) mass is 371 g/mol. The summed E-state index contributed by atoms with van der Waals surface area (Å²) in [7, 11) is 0. The second kappa shape index (κ2) is 10.2. The fraction of sp³-hybridized carbons (Fsp3) is 0.611. The molecule has 0 spiro atoms. The summed E-state index contributed by atoms with van der Waals surface area (Å²) in [6.45, 7) is 6.98. The summed E-state index contributed by atoms with van der Waals surface area (Å²) in [5.41, 5.74) is 1.13.